The second-order valence-electron chi connectivity index (χ2n) is 6.09. The summed E-state index contributed by atoms with van der Waals surface area (Å²) >= 11 is 0. The van der Waals surface area contributed by atoms with Crippen molar-refractivity contribution in [3.63, 3.8) is 0 Å². The van der Waals surface area contributed by atoms with Gasteiger partial charge in [0, 0.05) is 13.1 Å². The molecule has 19 heavy (non-hydrogen) atoms. The zero-order valence-corrected chi connectivity index (χ0v) is 11.9. The first-order chi connectivity index (χ1) is 9.04. The molecule has 0 aromatic rings. The maximum Gasteiger partial charge on any atom is 0.236 e. The van der Waals surface area contributed by atoms with Crippen LogP contribution in [0.15, 0.2) is 0 Å². The minimum Gasteiger partial charge on any atom is -0.378 e. The van der Waals surface area contributed by atoms with Crippen molar-refractivity contribution in [3.05, 3.63) is 0 Å². The van der Waals surface area contributed by atoms with E-state index in [1.807, 2.05) is 9.80 Å². The molecular formula is C14H23N3O2. The number of ether oxygens (including phenoxy) is 1. The topological polar surface area (TPSA) is 56.6 Å². The number of rotatable bonds is 2. The lowest BCUT2D eigenvalue weighted by Crippen LogP contribution is -2.53. The third kappa shape index (κ3) is 3.26. The van der Waals surface area contributed by atoms with Crippen LogP contribution in [-0.4, -0.2) is 61.1 Å². The van der Waals surface area contributed by atoms with E-state index in [4.69, 9.17) is 4.74 Å². The first kappa shape index (κ1) is 14.3. The van der Waals surface area contributed by atoms with Crippen LogP contribution in [0.5, 0.6) is 0 Å². The summed E-state index contributed by atoms with van der Waals surface area (Å²) in [5, 5.41) is 9.38. The number of carbonyl (C=O) groups excluding carboxylic acids is 1. The van der Waals surface area contributed by atoms with E-state index in [2.05, 4.69) is 19.9 Å². The SMILES string of the molecule is CC1(C)CCCN(CC(=O)N2CCOCC2)C1C#N. The molecule has 2 fully saturated rings. The monoisotopic (exact) mass is 265 g/mol. The molecule has 5 heteroatoms. The maximum atomic E-state index is 12.3. The summed E-state index contributed by atoms with van der Waals surface area (Å²) in [5.41, 5.74) is -0.0295. The standard InChI is InChI=1S/C14H23N3O2/c1-14(2)4-3-5-17(12(14)10-15)11-13(18)16-6-8-19-9-7-16/h12H,3-9,11H2,1-2H3. The average molecular weight is 265 g/mol. The Balaban J connectivity index is 1.97. The first-order valence-electron chi connectivity index (χ1n) is 7.04. The van der Waals surface area contributed by atoms with E-state index in [1.165, 1.54) is 0 Å². The van der Waals surface area contributed by atoms with Gasteiger partial charge in [-0.05, 0) is 24.8 Å². The Morgan fingerprint density at radius 1 is 1.37 bits per heavy atom. The Kier molecular flexibility index (Phi) is 4.43. The van der Waals surface area contributed by atoms with Gasteiger partial charge in [-0.2, -0.15) is 5.26 Å². The molecule has 2 aliphatic rings. The molecule has 2 aliphatic heterocycles. The first-order valence-corrected chi connectivity index (χ1v) is 7.04. The number of nitrogens with zero attached hydrogens (tertiary/aromatic N) is 3. The molecule has 0 spiro atoms. The van der Waals surface area contributed by atoms with Gasteiger partial charge >= 0.3 is 0 Å². The normalized spacial score (nSPS) is 27.8. The summed E-state index contributed by atoms with van der Waals surface area (Å²) in [6.45, 7) is 8.04. The van der Waals surface area contributed by atoms with E-state index in [9.17, 15) is 10.1 Å². The van der Waals surface area contributed by atoms with Gasteiger partial charge in [-0.25, -0.2) is 0 Å². The van der Waals surface area contributed by atoms with Crippen LogP contribution in [0.3, 0.4) is 0 Å². The second-order valence-corrected chi connectivity index (χ2v) is 6.09. The summed E-state index contributed by atoms with van der Waals surface area (Å²) in [4.78, 5) is 16.1. The zero-order chi connectivity index (χ0) is 13.9. The van der Waals surface area contributed by atoms with Gasteiger partial charge in [-0.1, -0.05) is 13.8 Å². The van der Waals surface area contributed by atoms with Crippen molar-refractivity contribution in [3.8, 4) is 6.07 Å². The van der Waals surface area contributed by atoms with E-state index in [-0.39, 0.29) is 17.4 Å². The van der Waals surface area contributed by atoms with E-state index < -0.39 is 0 Å². The fraction of sp³-hybridized carbons (Fsp3) is 0.857. The van der Waals surface area contributed by atoms with Crippen LogP contribution >= 0.6 is 0 Å². The molecule has 1 atom stereocenters. The van der Waals surface area contributed by atoms with Crippen LogP contribution in [0.25, 0.3) is 0 Å². The van der Waals surface area contributed by atoms with Crippen LogP contribution in [0, 0.1) is 16.7 Å². The summed E-state index contributed by atoms with van der Waals surface area (Å²) in [7, 11) is 0. The number of amides is 1. The summed E-state index contributed by atoms with van der Waals surface area (Å²) in [6, 6.07) is 2.22. The number of hydrogen-bond acceptors (Lipinski definition) is 4. The molecular weight excluding hydrogens is 242 g/mol. The summed E-state index contributed by atoms with van der Waals surface area (Å²) in [5.74, 6) is 0.126. The fourth-order valence-corrected chi connectivity index (χ4v) is 3.01. The number of hydrogen-bond donors (Lipinski definition) is 0. The van der Waals surface area contributed by atoms with Gasteiger partial charge in [0.15, 0.2) is 0 Å². The lowest BCUT2D eigenvalue weighted by atomic mass is 9.77. The van der Waals surface area contributed by atoms with E-state index in [0.717, 1.165) is 19.4 Å². The molecule has 1 unspecified atom stereocenters. The summed E-state index contributed by atoms with van der Waals surface area (Å²) < 4.78 is 5.26. The number of likely N-dealkylation sites (tertiary alicyclic amines) is 1. The number of piperidine rings is 1. The van der Waals surface area contributed by atoms with Crippen molar-refractivity contribution in [2.45, 2.75) is 32.7 Å². The van der Waals surface area contributed by atoms with Gasteiger partial charge in [-0.3, -0.25) is 9.69 Å². The van der Waals surface area contributed by atoms with Crippen molar-refractivity contribution in [2.75, 3.05) is 39.4 Å². The minimum atomic E-state index is -0.161. The van der Waals surface area contributed by atoms with Gasteiger partial charge in [-0.15, -0.1) is 0 Å². The third-order valence-electron chi connectivity index (χ3n) is 4.20. The second kappa shape index (κ2) is 5.89. The minimum absolute atomic E-state index is 0.0295. The van der Waals surface area contributed by atoms with Crippen molar-refractivity contribution in [1.29, 1.82) is 5.26 Å². The Morgan fingerprint density at radius 2 is 2.05 bits per heavy atom. The predicted octanol–water partition coefficient (Wildman–Crippen LogP) is 0.859. The number of nitriles is 1. The van der Waals surface area contributed by atoms with Gasteiger partial charge in [0.2, 0.25) is 5.91 Å². The lowest BCUT2D eigenvalue weighted by Gasteiger charge is -2.43. The highest BCUT2D eigenvalue weighted by Gasteiger charge is 2.38. The number of morpholine rings is 1. The van der Waals surface area contributed by atoms with Crippen molar-refractivity contribution in [2.24, 2.45) is 5.41 Å². The molecule has 0 N–H and O–H groups in total. The average Bonchev–Trinajstić information content (AvgIpc) is 2.39. The van der Waals surface area contributed by atoms with Crippen molar-refractivity contribution in [1.82, 2.24) is 9.80 Å². The van der Waals surface area contributed by atoms with Gasteiger partial charge in [0.05, 0.1) is 25.8 Å². The van der Waals surface area contributed by atoms with Gasteiger partial charge < -0.3 is 9.64 Å². The van der Waals surface area contributed by atoms with Crippen LogP contribution in [-0.2, 0) is 9.53 Å². The van der Waals surface area contributed by atoms with E-state index in [0.29, 0.717) is 32.8 Å². The highest BCUT2D eigenvalue weighted by molar-refractivity contribution is 5.78. The zero-order valence-electron chi connectivity index (χ0n) is 11.9. The highest BCUT2D eigenvalue weighted by Crippen LogP contribution is 2.34. The molecule has 2 saturated heterocycles. The molecule has 0 saturated carbocycles. The molecule has 1 amide bonds. The molecule has 0 aromatic heterocycles. The molecule has 0 radical (unpaired) electrons. The molecule has 2 rings (SSSR count). The highest BCUT2D eigenvalue weighted by atomic mass is 16.5. The Hall–Kier alpha value is -1.12. The molecule has 106 valence electrons. The third-order valence-corrected chi connectivity index (χ3v) is 4.20. The molecule has 5 nitrogen and oxygen atoms in total. The van der Waals surface area contributed by atoms with E-state index >= 15 is 0 Å². The van der Waals surface area contributed by atoms with Gasteiger partial charge in [0.25, 0.3) is 0 Å². The van der Waals surface area contributed by atoms with Crippen molar-refractivity contribution >= 4 is 5.91 Å². The number of carbonyl (C=O) groups is 1. The van der Waals surface area contributed by atoms with Crippen LogP contribution in [0.2, 0.25) is 0 Å². The Labute approximate surface area is 115 Å². The largest absolute Gasteiger partial charge is 0.378 e. The molecule has 0 aromatic carbocycles. The maximum absolute atomic E-state index is 12.3. The summed E-state index contributed by atoms with van der Waals surface area (Å²) in [6.07, 6.45) is 2.11. The van der Waals surface area contributed by atoms with Gasteiger partial charge in [0.1, 0.15) is 6.04 Å². The predicted molar refractivity (Wildman–Crippen MR) is 71.4 cm³/mol. The quantitative estimate of drug-likeness (QED) is 0.743. The lowest BCUT2D eigenvalue weighted by molar-refractivity contribution is -0.137. The molecule has 2 heterocycles. The van der Waals surface area contributed by atoms with Crippen LogP contribution in [0.1, 0.15) is 26.7 Å². The van der Waals surface area contributed by atoms with Crippen molar-refractivity contribution < 1.29 is 9.53 Å². The smallest absolute Gasteiger partial charge is 0.236 e. The van der Waals surface area contributed by atoms with Crippen LogP contribution < -0.4 is 0 Å². The Bertz CT molecular complexity index is 369. The molecule has 0 bridgehead atoms. The fourth-order valence-electron chi connectivity index (χ4n) is 3.01. The Morgan fingerprint density at radius 3 is 2.68 bits per heavy atom. The van der Waals surface area contributed by atoms with Crippen LogP contribution in [0.4, 0.5) is 0 Å². The van der Waals surface area contributed by atoms with E-state index in [1.54, 1.807) is 0 Å². The molecule has 0 aliphatic carbocycles.